The molecule has 1 aromatic heterocycles. The highest BCUT2D eigenvalue weighted by molar-refractivity contribution is 7.92. The van der Waals surface area contributed by atoms with Crippen molar-refractivity contribution < 1.29 is 17.5 Å². The number of halogens is 2. The van der Waals surface area contributed by atoms with Crippen molar-refractivity contribution in [3.05, 3.63) is 41.3 Å². The largest absolute Gasteiger partial charge is 0.492 e. The SMILES string of the molecule is COc1c(N)cc(S(=O)(=O)Nc2ncccc2Cl)cc1F. The normalized spacial score (nSPS) is 11.2. The minimum atomic E-state index is -4.08. The molecule has 112 valence electrons. The molecule has 0 atom stereocenters. The topological polar surface area (TPSA) is 94.3 Å². The van der Waals surface area contributed by atoms with Crippen LogP contribution >= 0.6 is 11.6 Å². The van der Waals surface area contributed by atoms with Crippen molar-refractivity contribution in [1.29, 1.82) is 0 Å². The van der Waals surface area contributed by atoms with Crippen LogP contribution in [0.3, 0.4) is 0 Å². The zero-order valence-corrected chi connectivity index (χ0v) is 12.4. The highest BCUT2D eigenvalue weighted by atomic mass is 35.5. The fourth-order valence-corrected chi connectivity index (χ4v) is 2.91. The molecule has 0 bridgehead atoms. The van der Waals surface area contributed by atoms with E-state index in [0.29, 0.717) is 0 Å². The third kappa shape index (κ3) is 3.17. The number of benzene rings is 1. The summed E-state index contributed by atoms with van der Waals surface area (Å²) in [6, 6.07) is 4.90. The lowest BCUT2D eigenvalue weighted by molar-refractivity contribution is 0.388. The Hall–Kier alpha value is -2.06. The Labute approximate surface area is 125 Å². The number of aromatic nitrogens is 1. The van der Waals surface area contributed by atoms with Crippen molar-refractivity contribution in [3.63, 3.8) is 0 Å². The number of pyridine rings is 1. The summed E-state index contributed by atoms with van der Waals surface area (Å²) >= 11 is 5.82. The molecule has 6 nitrogen and oxygen atoms in total. The summed E-state index contributed by atoms with van der Waals surface area (Å²) in [5, 5.41) is 0.114. The Morgan fingerprint density at radius 2 is 2.14 bits per heavy atom. The predicted octanol–water partition coefficient (Wildman–Crippen LogP) is 2.27. The van der Waals surface area contributed by atoms with Crippen molar-refractivity contribution >= 4 is 33.1 Å². The van der Waals surface area contributed by atoms with Crippen LogP contribution < -0.4 is 15.2 Å². The highest BCUT2D eigenvalue weighted by Crippen LogP contribution is 2.29. The van der Waals surface area contributed by atoms with E-state index in [-0.39, 0.29) is 27.2 Å². The van der Waals surface area contributed by atoms with E-state index < -0.39 is 15.8 Å². The lowest BCUT2D eigenvalue weighted by atomic mass is 10.3. The van der Waals surface area contributed by atoms with E-state index in [1.165, 1.54) is 19.4 Å². The van der Waals surface area contributed by atoms with Gasteiger partial charge >= 0.3 is 0 Å². The Morgan fingerprint density at radius 1 is 1.43 bits per heavy atom. The van der Waals surface area contributed by atoms with Crippen LogP contribution in [0.15, 0.2) is 35.4 Å². The molecule has 2 aromatic rings. The number of ether oxygens (including phenoxy) is 1. The maximum atomic E-state index is 13.7. The first kappa shape index (κ1) is 15.3. The standard InChI is InChI=1S/C12H11ClFN3O3S/c1-20-11-9(14)5-7(6-10(11)15)21(18,19)17-12-8(13)3-2-4-16-12/h2-6H,15H2,1H3,(H,16,17). The summed E-state index contributed by atoms with van der Waals surface area (Å²) in [7, 11) is -2.85. The molecule has 2 rings (SSSR count). The fourth-order valence-electron chi connectivity index (χ4n) is 1.61. The molecule has 0 aliphatic rings. The number of nitrogens with two attached hydrogens (primary N) is 1. The van der Waals surface area contributed by atoms with E-state index in [1.807, 2.05) is 0 Å². The molecule has 0 radical (unpaired) electrons. The molecule has 0 saturated carbocycles. The lowest BCUT2D eigenvalue weighted by Crippen LogP contribution is -2.15. The van der Waals surface area contributed by atoms with E-state index in [1.54, 1.807) is 6.07 Å². The van der Waals surface area contributed by atoms with Gasteiger partial charge in [0, 0.05) is 6.20 Å². The molecule has 0 spiro atoms. The van der Waals surface area contributed by atoms with Crippen LogP contribution in [-0.4, -0.2) is 20.5 Å². The Bertz CT molecular complexity index is 760. The number of nitrogens with zero attached hydrogens (tertiary/aromatic N) is 1. The van der Waals surface area contributed by atoms with Gasteiger partial charge in [-0.25, -0.2) is 17.8 Å². The minimum absolute atomic E-state index is 0.0611. The first-order valence-corrected chi connectivity index (χ1v) is 7.47. The maximum Gasteiger partial charge on any atom is 0.263 e. The number of methoxy groups -OCH3 is 1. The molecule has 0 fully saturated rings. The maximum absolute atomic E-state index is 13.7. The van der Waals surface area contributed by atoms with Crippen molar-refractivity contribution in [1.82, 2.24) is 4.98 Å². The van der Waals surface area contributed by atoms with Gasteiger partial charge in [-0.1, -0.05) is 11.6 Å². The van der Waals surface area contributed by atoms with Crippen molar-refractivity contribution in [2.45, 2.75) is 4.90 Å². The number of rotatable bonds is 4. The Morgan fingerprint density at radius 3 is 2.71 bits per heavy atom. The van der Waals surface area contributed by atoms with Gasteiger partial charge in [0.2, 0.25) is 0 Å². The molecule has 0 aliphatic carbocycles. The summed E-state index contributed by atoms with van der Waals surface area (Å²) in [6.45, 7) is 0. The van der Waals surface area contributed by atoms with Crippen LogP contribution in [0.1, 0.15) is 0 Å². The average Bonchev–Trinajstić information content (AvgIpc) is 2.41. The summed E-state index contributed by atoms with van der Waals surface area (Å²) in [5.41, 5.74) is 5.42. The lowest BCUT2D eigenvalue weighted by Gasteiger charge is -2.11. The summed E-state index contributed by atoms with van der Waals surface area (Å²) < 4.78 is 45.0. The quantitative estimate of drug-likeness (QED) is 0.838. The summed E-state index contributed by atoms with van der Waals surface area (Å²) in [6.07, 6.45) is 1.37. The number of anilines is 2. The van der Waals surface area contributed by atoms with Gasteiger partial charge in [-0.05, 0) is 24.3 Å². The molecule has 1 heterocycles. The van der Waals surface area contributed by atoms with Crippen LogP contribution in [0.25, 0.3) is 0 Å². The molecule has 0 saturated heterocycles. The van der Waals surface area contributed by atoms with Crippen LogP contribution in [0, 0.1) is 5.82 Å². The molecular weight excluding hydrogens is 321 g/mol. The van der Waals surface area contributed by atoms with Gasteiger partial charge in [0.15, 0.2) is 17.4 Å². The third-order valence-corrected chi connectivity index (χ3v) is 4.17. The molecule has 0 unspecified atom stereocenters. The number of hydrogen-bond donors (Lipinski definition) is 2. The second-order valence-corrected chi connectivity index (χ2v) is 6.06. The van der Waals surface area contributed by atoms with Gasteiger partial charge < -0.3 is 10.5 Å². The van der Waals surface area contributed by atoms with Crippen LogP contribution in [0.4, 0.5) is 15.9 Å². The Balaban J connectivity index is 2.43. The Kier molecular flexibility index (Phi) is 4.19. The van der Waals surface area contributed by atoms with Gasteiger partial charge in [0.1, 0.15) is 0 Å². The predicted molar refractivity (Wildman–Crippen MR) is 77.4 cm³/mol. The van der Waals surface area contributed by atoms with E-state index in [0.717, 1.165) is 12.1 Å². The molecular formula is C12H11ClFN3O3S. The second-order valence-electron chi connectivity index (χ2n) is 3.97. The number of sulfonamides is 1. The third-order valence-electron chi connectivity index (χ3n) is 2.55. The van der Waals surface area contributed by atoms with E-state index in [2.05, 4.69) is 9.71 Å². The second kappa shape index (κ2) is 5.74. The number of nitrogens with one attached hydrogen (secondary N) is 1. The van der Waals surface area contributed by atoms with Crippen LogP contribution in [0.5, 0.6) is 5.75 Å². The summed E-state index contributed by atoms with van der Waals surface area (Å²) in [5.74, 6) is -1.16. The van der Waals surface area contributed by atoms with E-state index in [9.17, 15) is 12.8 Å². The average molecular weight is 332 g/mol. The highest BCUT2D eigenvalue weighted by Gasteiger charge is 2.20. The number of hydrogen-bond acceptors (Lipinski definition) is 5. The molecule has 3 N–H and O–H groups in total. The van der Waals surface area contributed by atoms with Gasteiger partial charge in [-0.2, -0.15) is 0 Å². The molecule has 9 heteroatoms. The van der Waals surface area contributed by atoms with Crippen molar-refractivity contribution in [3.8, 4) is 5.75 Å². The van der Waals surface area contributed by atoms with Gasteiger partial charge in [0.05, 0.1) is 22.7 Å². The molecule has 21 heavy (non-hydrogen) atoms. The smallest absolute Gasteiger partial charge is 0.263 e. The number of nitrogen functional groups attached to an aromatic ring is 1. The monoisotopic (exact) mass is 331 g/mol. The van der Waals surface area contributed by atoms with Gasteiger partial charge in [0.25, 0.3) is 10.0 Å². The first-order valence-electron chi connectivity index (χ1n) is 5.61. The summed E-state index contributed by atoms with van der Waals surface area (Å²) in [4.78, 5) is 3.43. The fraction of sp³-hybridized carbons (Fsp3) is 0.0833. The van der Waals surface area contributed by atoms with E-state index >= 15 is 0 Å². The van der Waals surface area contributed by atoms with Gasteiger partial charge in [-0.3, -0.25) is 4.72 Å². The zero-order valence-electron chi connectivity index (χ0n) is 10.8. The van der Waals surface area contributed by atoms with Crippen LogP contribution in [0.2, 0.25) is 5.02 Å². The zero-order chi connectivity index (χ0) is 15.6. The van der Waals surface area contributed by atoms with Gasteiger partial charge in [-0.15, -0.1) is 0 Å². The minimum Gasteiger partial charge on any atom is -0.492 e. The molecule has 0 amide bonds. The van der Waals surface area contributed by atoms with Crippen molar-refractivity contribution in [2.24, 2.45) is 0 Å². The first-order chi connectivity index (χ1) is 9.85. The van der Waals surface area contributed by atoms with Crippen molar-refractivity contribution in [2.75, 3.05) is 17.6 Å². The molecule has 0 aliphatic heterocycles. The van der Waals surface area contributed by atoms with Crippen LogP contribution in [-0.2, 0) is 10.0 Å². The van der Waals surface area contributed by atoms with E-state index in [4.69, 9.17) is 22.1 Å². The molecule has 1 aromatic carbocycles.